The maximum Gasteiger partial charge on any atom is 0.220 e. The van der Waals surface area contributed by atoms with Gasteiger partial charge < -0.3 is 14.8 Å². The Morgan fingerprint density at radius 3 is 2.69 bits per heavy atom. The number of hydrogen-bond acceptors (Lipinski definition) is 6. The maximum absolute atomic E-state index is 12.4. The number of likely N-dealkylation sites (N-methyl/N-ethyl adjacent to an activating group) is 1. The van der Waals surface area contributed by atoms with Gasteiger partial charge in [0.05, 0.1) is 0 Å². The van der Waals surface area contributed by atoms with Gasteiger partial charge in [0.2, 0.25) is 5.91 Å². The number of nitrogens with one attached hydrogen (secondary N) is 1. The summed E-state index contributed by atoms with van der Waals surface area (Å²) in [6.45, 7) is 7.52. The molecule has 1 aliphatic heterocycles. The Balaban J connectivity index is 1.38. The maximum atomic E-state index is 12.4. The second kappa shape index (κ2) is 12.1. The number of hydrogen-bond donors (Lipinski definition) is 1. The number of Topliss-reactive ketones (excluding diaryl/α,β-unsaturated/α-hetero) is 1. The van der Waals surface area contributed by atoms with E-state index in [0.717, 1.165) is 59.2 Å². The molecule has 0 radical (unpaired) electrons. The van der Waals surface area contributed by atoms with E-state index in [9.17, 15) is 9.59 Å². The molecule has 3 rings (SSSR count). The molecule has 6 nitrogen and oxygen atoms in total. The highest BCUT2D eigenvalue weighted by Crippen LogP contribution is 2.22. The Labute approximate surface area is 194 Å². The van der Waals surface area contributed by atoms with Gasteiger partial charge in [-0.15, -0.1) is 11.3 Å². The molecular formula is C25H34N2O4S. The first kappa shape index (κ1) is 24.4. The second-order valence-electron chi connectivity index (χ2n) is 8.35. The van der Waals surface area contributed by atoms with Crippen molar-refractivity contribution >= 4 is 23.0 Å². The van der Waals surface area contributed by atoms with E-state index in [1.165, 1.54) is 0 Å². The Hall–Kier alpha value is -2.22. The average molecular weight is 459 g/mol. The molecule has 0 unspecified atom stereocenters. The molecule has 1 fully saturated rings. The van der Waals surface area contributed by atoms with Crippen LogP contribution >= 0.6 is 11.3 Å². The molecule has 0 bridgehead atoms. The smallest absolute Gasteiger partial charge is 0.220 e. The highest BCUT2D eigenvalue weighted by Gasteiger charge is 2.18. The SMILES string of the molecule is Cc1cc(C(=O)CCC(=O)NCc2cccc(OCCN(C)C3CCOCC3)c2)c(C)s1. The van der Waals surface area contributed by atoms with Crippen molar-refractivity contribution in [3.63, 3.8) is 0 Å². The summed E-state index contributed by atoms with van der Waals surface area (Å²) >= 11 is 1.61. The molecule has 1 amide bonds. The van der Waals surface area contributed by atoms with Gasteiger partial charge >= 0.3 is 0 Å². The van der Waals surface area contributed by atoms with Crippen molar-refractivity contribution in [2.45, 2.75) is 52.1 Å². The summed E-state index contributed by atoms with van der Waals surface area (Å²) in [6.07, 6.45) is 2.57. The summed E-state index contributed by atoms with van der Waals surface area (Å²) in [7, 11) is 2.14. The fourth-order valence-electron chi connectivity index (χ4n) is 3.92. The standard InChI is InChI=1S/C25H34N2O4S/c1-18-15-23(19(2)32-18)24(28)7-8-25(29)26-17-20-5-4-6-22(16-20)31-14-11-27(3)21-9-12-30-13-10-21/h4-6,15-16,21H,7-14,17H2,1-3H3,(H,26,29). The number of aryl methyl sites for hydroxylation is 2. The monoisotopic (exact) mass is 458 g/mol. The Kier molecular flexibility index (Phi) is 9.26. The number of thiophene rings is 1. The van der Waals surface area contributed by atoms with Crippen LogP contribution in [0.25, 0.3) is 0 Å². The molecular weight excluding hydrogens is 424 g/mol. The van der Waals surface area contributed by atoms with Crippen molar-refractivity contribution in [3.05, 3.63) is 51.2 Å². The zero-order valence-electron chi connectivity index (χ0n) is 19.3. The van der Waals surface area contributed by atoms with E-state index in [4.69, 9.17) is 9.47 Å². The zero-order chi connectivity index (χ0) is 22.9. The minimum absolute atomic E-state index is 0.0307. The fourth-order valence-corrected chi connectivity index (χ4v) is 4.86. The highest BCUT2D eigenvalue weighted by molar-refractivity contribution is 7.12. The predicted molar refractivity (Wildman–Crippen MR) is 128 cm³/mol. The van der Waals surface area contributed by atoms with Crippen LogP contribution in [0.15, 0.2) is 30.3 Å². The van der Waals surface area contributed by atoms with Crippen LogP contribution in [0.3, 0.4) is 0 Å². The van der Waals surface area contributed by atoms with Gasteiger partial charge in [-0.05, 0) is 57.5 Å². The molecule has 0 aliphatic carbocycles. The number of ether oxygens (including phenoxy) is 2. The van der Waals surface area contributed by atoms with E-state index >= 15 is 0 Å². The first-order valence-corrected chi connectivity index (χ1v) is 12.1. The third-order valence-corrected chi connectivity index (χ3v) is 6.80. The van der Waals surface area contributed by atoms with Gasteiger partial charge in [0.25, 0.3) is 0 Å². The zero-order valence-corrected chi connectivity index (χ0v) is 20.1. The lowest BCUT2D eigenvalue weighted by Gasteiger charge is -2.31. The molecule has 2 aromatic rings. The van der Waals surface area contributed by atoms with Crippen LogP contribution in [0.5, 0.6) is 5.75 Å². The molecule has 2 heterocycles. The van der Waals surface area contributed by atoms with Gasteiger partial charge in [0, 0.05) is 60.5 Å². The van der Waals surface area contributed by atoms with E-state index in [1.807, 2.05) is 44.2 Å². The Bertz CT molecular complexity index is 905. The van der Waals surface area contributed by atoms with E-state index < -0.39 is 0 Å². The van der Waals surface area contributed by atoms with Crippen molar-refractivity contribution < 1.29 is 19.1 Å². The van der Waals surface area contributed by atoms with Gasteiger partial charge in [-0.25, -0.2) is 0 Å². The normalized spacial score (nSPS) is 14.5. The van der Waals surface area contributed by atoms with E-state index in [1.54, 1.807) is 11.3 Å². The summed E-state index contributed by atoms with van der Waals surface area (Å²) in [5.41, 5.74) is 1.72. The van der Waals surface area contributed by atoms with E-state index in [-0.39, 0.29) is 24.5 Å². The number of ketones is 1. The van der Waals surface area contributed by atoms with Gasteiger partial charge in [0.1, 0.15) is 12.4 Å². The number of nitrogens with zero attached hydrogens (tertiary/aromatic N) is 1. The first-order chi connectivity index (χ1) is 15.4. The highest BCUT2D eigenvalue weighted by atomic mass is 32.1. The summed E-state index contributed by atoms with van der Waals surface area (Å²) in [6, 6.07) is 10.3. The first-order valence-electron chi connectivity index (χ1n) is 11.3. The lowest BCUT2D eigenvalue weighted by Crippen LogP contribution is -2.38. The minimum atomic E-state index is -0.118. The van der Waals surface area contributed by atoms with E-state index in [2.05, 4.69) is 17.3 Å². The number of carbonyl (C=O) groups is 2. The predicted octanol–water partition coefficient (Wildman–Crippen LogP) is 4.13. The van der Waals surface area contributed by atoms with Crippen molar-refractivity contribution in [1.29, 1.82) is 0 Å². The molecule has 1 aromatic carbocycles. The molecule has 174 valence electrons. The molecule has 1 saturated heterocycles. The van der Waals surface area contributed by atoms with Crippen LogP contribution in [-0.4, -0.2) is 56.0 Å². The van der Waals surface area contributed by atoms with Crippen molar-refractivity contribution in [3.8, 4) is 5.75 Å². The largest absolute Gasteiger partial charge is 0.492 e. The Morgan fingerprint density at radius 2 is 1.97 bits per heavy atom. The molecule has 1 aliphatic rings. The minimum Gasteiger partial charge on any atom is -0.492 e. The van der Waals surface area contributed by atoms with Gasteiger partial charge in [0.15, 0.2) is 5.78 Å². The topological polar surface area (TPSA) is 67.9 Å². The molecule has 1 N–H and O–H groups in total. The van der Waals surface area contributed by atoms with Crippen LogP contribution in [0.2, 0.25) is 0 Å². The number of carbonyl (C=O) groups excluding carboxylic acids is 2. The van der Waals surface area contributed by atoms with Crippen LogP contribution < -0.4 is 10.1 Å². The molecule has 7 heteroatoms. The van der Waals surface area contributed by atoms with Crippen LogP contribution in [-0.2, 0) is 16.1 Å². The lowest BCUT2D eigenvalue weighted by atomic mass is 10.1. The lowest BCUT2D eigenvalue weighted by molar-refractivity contribution is -0.121. The second-order valence-corrected chi connectivity index (χ2v) is 9.81. The molecule has 1 aromatic heterocycles. The third-order valence-electron chi connectivity index (χ3n) is 5.84. The molecule has 0 spiro atoms. The van der Waals surface area contributed by atoms with Gasteiger partial charge in [-0.1, -0.05) is 12.1 Å². The number of benzene rings is 1. The summed E-state index contributed by atoms with van der Waals surface area (Å²) < 4.78 is 11.4. The van der Waals surface area contributed by atoms with E-state index in [0.29, 0.717) is 19.2 Å². The van der Waals surface area contributed by atoms with Gasteiger partial charge in [-0.3, -0.25) is 14.5 Å². The Morgan fingerprint density at radius 1 is 1.19 bits per heavy atom. The van der Waals surface area contributed by atoms with Crippen LogP contribution in [0.4, 0.5) is 0 Å². The summed E-state index contributed by atoms with van der Waals surface area (Å²) in [4.78, 5) is 29.0. The molecule has 0 saturated carbocycles. The van der Waals surface area contributed by atoms with Crippen molar-refractivity contribution in [2.24, 2.45) is 0 Å². The average Bonchev–Trinajstić information content (AvgIpc) is 3.14. The summed E-state index contributed by atoms with van der Waals surface area (Å²) in [5, 5.41) is 2.91. The molecule has 32 heavy (non-hydrogen) atoms. The van der Waals surface area contributed by atoms with Gasteiger partial charge in [-0.2, -0.15) is 0 Å². The fraction of sp³-hybridized carbons (Fsp3) is 0.520. The third kappa shape index (κ3) is 7.43. The summed E-state index contributed by atoms with van der Waals surface area (Å²) in [5.74, 6) is 0.714. The molecule has 0 atom stereocenters. The van der Waals surface area contributed by atoms with Crippen molar-refractivity contribution in [2.75, 3.05) is 33.4 Å². The van der Waals surface area contributed by atoms with Crippen LogP contribution in [0, 0.1) is 13.8 Å². The van der Waals surface area contributed by atoms with Crippen molar-refractivity contribution in [1.82, 2.24) is 10.2 Å². The van der Waals surface area contributed by atoms with Crippen LogP contribution in [0.1, 0.15) is 51.4 Å². The quantitative estimate of drug-likeness (QED) is 0.513. The number of amides is 1. The number of rotatable bonds is 11.